The number of primary amides is 1. The molecule has 0 aliphatic rings. The lowest BCUT2D eigenvalue weighted by Crippen LogP contribution is -2.46. The first-order valence-electron chi connectivity index (χ1n) is 15.2. The topological polar surface area (TPSA) is 104 Å². The fourth-order valence-electron chi connectivity index (χ4n) is 5.75. The molecule has 2 amide bonds. The molecular formula is C40H30F4N2O4. The molecule has 10 heteroatoms. The minimum Gasteiger partial charge on any atom is -0.369 e. The Bertz CT molecular complexity index is 2090. The van der Waals surface area contributed by atoms with E-state index in [1.807, 2.05) is 30.3 Å². The van der Waals surface area contributed by atoms with E-state index < -0.39 is 39.8 Å². The Kier molecular flexibility index (Phi) is 10.9. The van der Waals surface area contributed by atoms with Crippen molar-refractivity contribution in [2.75, 3.05) is 0 Å². The first-order chi connectivity index (χ1) is 24.0. The first kappa shape index (κ1) is 35.2. The lowest BCUT2D eigenvalue weighted by atomic mass is 9.68. The minimum absolute atomic E-state index is 0.0137. The fraction of sp³-hybridized carbons (Fsp3) is 0.0500. The Morgan fingerprint density at radius 1 is 0.560 bits per heavy atom. The van der Waals surface area contributed by atoms with E-state index in [9.17, 15) is 37.6 Å². The molecule has 6 rings (SSSR count). The minimum atomic E-state index is -1.82. The molecule has 0 saturated carbocycles. The standard InChI is InChI=1S/C32H21F4NO3.C8H9NO/c33-25-15-17-29(35)28(18-25)21-8-12-24(13-9-21)32(31(38)37(39)40,22-4-2-1-3-5-22)23-10-6-20(7-11-23)27-16-14-26(34)19-30(27)36;9-8(10)6-7-4-2-1-3-5-7/h1-19,39-40H;1-5H,6H2,(H2,9,10). The van der Waals surface area contributed by atoms with Crippen LogP contribution < -0.4 is 5.73 Å². The quantitative estimate of drug-likeness (QED) is 0.0653. The van der Waals surface area contributed by atoms with Crippen LogP contribution in [0.3, 0.4) is 0 Å². The molecule has 0 spiro atoms. The van der Waals surface area contributed by atoms with E-state index in [1.54, 1.807) is 30.3 Å². The predicted octanol–water partition coefficient (Wildman–Crippen LogP) is 8.23. The van der Waals surface area contributed by atoms with Gasteiger partial charge in [0.15, 0.2) is 0 Å². The summed E-state index contributed by atoms with van der Waals surface area (Å²) in [5.74, 6) is -4.16. The molecule has 0 saturated heterocycles. The highest BCUT2D eigenvalue weighted by Crippen LogP contribution is 2.42. The third-order valence-corrected chi connectivity index (χ3v) is 8.05. The molecule has 252 valence electrons. The van der Waals surface area contributed by atoms with E-state index in [1.165, 1.54) is 54.6 Å². The zero-order valence-electron chi connectivity index (χ0n) is 26.3. The molecule has 6 aromatic carbocycles. The number of rotatable bonds is 8. The summed E-state index contributed by atoms with van der Waals surface area (Å²) >= 11 is 0. The second-order valence-electron chi connectivity index (χ2n) is 11.2. The molecule has 1 atom stereocenters. The van der Waals surface area contributed by atoms with Gasteiger partial charge in [0.05, 0.1) is 6.42 Å². The number of hydrogen-bond acceptors (Lipinski definition) is 4. The summed E-state index contributed by atoms with van der Waals surface area (Å²) in [4.78, 5) is 24.1. The van der Waals surface area contributed by atoms with Crippen molar-refractivity contribution in [3.8, 4) is 22.3 Å². The summed E-state index contributed by atoms with van der Waals surface area (Å²) in [5.41, 5.74) is 5.99. The van der Waals surface area contributed by atoms with Gasteiger partial charge in [0.1, 0.15) is 28.7 Å². The highest BCUT2D eigenvalue weighted by molar-refractivity contribution is 5.95. The number of carbonyl (C=O) groups excluding carboxylic acids is 2. The van der Waals surface area contributed by atoms with Gasteiger partial charge in [-0.25, -0.2) is 17.6 Å². The summed E-state index contributed by atoms with van der Waals surface area (Å²) < 4.78 is 56.1. The van der Waals surface area contributed by atoms with Crippen LogP contribution in [0.15, 0.2) is 146 Å². The maximum absolute atomic E-state index is 14.4. The summed E-state index contributed by atoms with van der Waals surface area (Å²) in [6.07, 6.45) is 0.334. The van der Waals surface area contributed by atoms with Crippen molar-refractivity contribution < 1.29 is 37.6 Å². The number of nitrogens with zero attached hydrogens (tertiary/aromatic N) is 1. The van der Waals surface area contributed by atoms with Gasteiger partial charge in [0.2, 0.25) is 5.91 Å². The molecule has 0 aliphatic carbocycles. The van der Waals surface area contributed by atoms with Crippen molar-refractivity contribution in [1.29, 1.82) is 0 Å². The van der Waals surface area contributed by atoms with Crippen molar-refractivity contribution in [1.82, 2.24) is 5.23 Å². The molecule has 4 N–H and O–H groups in total. The Labute approximate surface area is 285 Å². The average Bonchev–Trinajstić information content (AvgIpc) is 3.11. The zero-order chi connectivity index (χ0) is 35.8. The number of carbonyl (C=O) groups is 2. The largest absolute Gasteiger partial charge is 0.369 e. The highest BCUT2D eigenvalue weighted by Gasteiger charge is 2.46. The summed E-state index contributed by atoms with van der Waals surface area (Å²) in [6, 6.07) is 36.2. The predicted molar refractivity (Wildman–Crippen MR) is 180 cm³/mol. The van der Waals surface area contributed by atoms with E-state index in [2.05, 4.69) is 0 Å². The van der Waals surface area contributed by atoms with Gasteiger partial charge in [-0.1, -0.05) is 114 Å². The van der Waals surface area contributed by atoms with E-state index in [0.29, 0.717) is 28.7 Å². The SMILES string of the molecule is NC(=O)Cc1ccccc1.O=C(N(O)O)C(c1ccccc1)(c1ccc(-c2ccc(F)cc2F)cc1)c1ccc(-c2cc(F)ccc2F)cc1. The summed E-state index contributed by atoms with van der Waals surface area (Å²) in [5, 5.41) is 19.5. The van der Waals surface area contributed by atoms with Crippen LogP contribution in [-0.4, -0.2) is 27.5 Å². The number of nitrogens with two attached hydrogens (primary N) is 1. The Morgan fingerprint density at radius 3 is 1.56 bits per heavy atom. The number of hydroxylamine groups is 2. The van der Waals surface area contributed by atoms with Gasteiger partial charge in [-0.2, -0.15) is 0 Å². The lowest BCUT2D eigenvalue weighted by molar-refractivity contribution is -0.287. The normalized spacial score (nSPS) is 11.9. The molecule has 0 heterocycles. The molecule has 6 aromatic rings. The van der Waals surface area contributed by atoms with Crippen LogP contribution in [0.1, 0.15) is 22.3 Å². The van der Waals surface area contributed by atoms with Crippen molar-refractivity contribution in [2.45, 2.75) is 11.8 Å². The van der Waals surface area contributed by atoms with Gasteiger partial charge in [-0.15, -0.1) is 0 Å². The smallest absolute Gasteiger partial charge is 0.292 e. The summed E-state index contributed by atoms with van der Waals surface area (Å²) in [7, 11) is 0. The van der Waals surface area contributed by atoms with Crippen molar-refractivity contribution in [3.63, 3.8) is 0 Å². The van der Waals surface area contributed by atoms with Crippen LogP contribution in [0, 0.1) is 23.3 Å². The van der Waals surface area contributed by atoms with Gasteiger partial charge in [-0.05, 0) is 63.7 Å². The molecule has 50 heavy (non-hydrogen) atoms. The molecule has 0 bridgehead atoms. The van der Waals surface area contributed by atoms with Crippen molar-refractivity contribution in [2.24, 2.45) is 5.73 Å². The molecule has 0 fully saturated rings. The molecular weight excluding hydrogens is 648 g/mol. The van der Waals surface area contributed by atoms with Gasteiger partial charge >= 0.3 is 0 Å². The van der Waals surface area contributed by atoms with Crippen LogP contribution in [0.2, 0.25) is 0 Å². The Morgan fingerprint density at radius 2 is 1.04 bits per heavy atom. The molecule has 1 unspecified atom stereocenters. The molecule has 0 radical (unpaired) electrons. The van der Waals surface area contributed by atoms with Gasteiger partial charge < -0.3 is 5.73 Å². The molecule has 0 aliphatic heterocycles. The van der Waals surface area contributed by atoms with Crippen LogP contribution in [0.4, 0.5) is 17.6 Å². The second kappa shape index (κ2) is 15.4. The van der Waals surface area contributed by atoms with E-state index in [0.717, 1.165) is 35.9 Å². The van der Waals surface area contributed by atoms with Crippen LogP contribution >= 0.6 is 0 Å². The van der Waals surface area contributed by atoms with E-state index in [4.69, 9.17) is 5.73 Å². The van der Waals surface area contributed by atoms with Crippen LogP contribution in [0.5, 0.6) is 0 Å². The third-order valence-electron chi connectivity index (χ3n) is 8.05. The number of benzene rings is 6. The number of hydrogen-bond donors (Lipinski definition) is 3. The van der Waals surface area contributed by atoms with Crippen LogP contribution in [-0.2, 0) is 21.4 Å². The number of amides is 2. The monoisotopic (exact) mass is 678 g/mol. The van der Waals surface area contributed by atoms with Crippen LogP contribution in [0.25, 0.3) is 22.3 Å². The molecule has 6 nitrogen and oxygen atoms in total. The fourth-order valence-corrected chi connectivity index (χ4v) is 5.75. The van der Waals surface area contributed by atoms with Gasteiger partial charge in [-0.3, -0.25) is 20.0 Å². The van der Waals surface area contributed by atoms with Crippen molar-refractivity contribution >= 4 is 11.8 Å². The lowest BCUT2D eigenvalue weighted by Gasteiger charge is -2.35. The Hall–Kier alpha value is -6.10. The molecule has 0 aromatic heterocycles. The van der Waals surface area contributed by atoms with Crippen molar-refractivity contribution in [3.05, 3.63) is 191 Å². The highest BCUT2D eigenvalue weighted by atomic mass is 19.1. The van der Waals surface area contributed by atoms with E-state index >= 15 is 0 Å². The third kappa shape index (κ3) is 7.62. The average molecular weight is 679 g/mol. The maximum Gasteiger partial charge on any atom is 0.292 e. The number of halogens is 4. The van der Waals surface area contributed by atoms with E-state index in [-0.39, 0.29) is 22.6 Å². The zero-order valence-corrected chi connectivity index (χ0v) is 26.3. The second-order valence-corrected chi connectivity index (χ2v) is 11.2. The summed E-state index contributed by atoms with van der Waals surface area (Å²) in [6.45, 7) is 0. The maximum atomic E-state index is 14.4. The first-order valence-corrected chi connectivity index (χ1v) is 15.2. The van der Waals surface area contributed by atoms with Gasteiger partial charge in [0, 0.05) is 17.2 Å². The Balaban J connectivity index is 0.000000418. The van der Waals surface area contributed by atoms with Gasteiger partial charge in [0.25, 0.3) is 5.91 Å².